The molecule has 0 aromatic carbocycles. The first kappa shape index (κ1) is 12.8. The van der Waals surface area contributed by atoms with E-state index < -0.39 is 0 Å². The van der Waals surface area contributed by atoms with Gasteiger partial charge in [0, 0.05) is 25.4 Å². The summed E-state index contributed by atoms with van der Waals surface area (Å²) in [7, 11) is 1.87. The monoisotopic (exact) mass is 224 g/mol. The number of hydrogen-bond donors (Lipinski definition) is 2. The molecule has 0 aliphatic carbocycles. The maximum atomic E-state index is 11.9. The highest BCUT2D eigenvalue weighted by Crippen LogP contribution is 2.07. The molecular formula is C12H20N2O2. The van der Waals surface area contributed by atoms with Crippen molar-refractivity contribution >= 4 is 5.91 Å². The van der Waals surface area contributed by atoms with Gasteiger partial charge in [-0.25, -0.2) is 0 Å². The molecule has 0 spiro atoms. The van der Waals surface area contributed by atoms with Gasteiger partial charge in [0.15, 0.2) is 0 Å². The molecule has 1 atom stereocenters. The molecule has 0 saturated carbocycles. The maximum absolute atomic E-state index is 11.9. The quantitative estimate of drug-likeness (QED) is 0.790. The number of carbonyl (C=O) groups excluding carboxylic acids is 1. The summed E-state index contributed by atoms with van der Waals surface area (Å²) < 4.78 is 1.86. The molecule has 0 radical (unpaired) electrons. The average molecular weight is 224 g/mol. The fourth-order valence-corrected chi connectivity index (χ4v) is 1.63. The Labute approximate surface area is 96.3 Å². The van der Waals surface area contributed by atoms with Crippen molar-refractivity contribution in [1.29, 1.82) is 0 Å². The minimum atomic E-state index is -0.0732. The van der Waals surface area contributed by atoms with Gasteiger partial charge in [-0.2, -0.15) is 0 Å². The predicted octanol–water partition coefficient (Wildman–Crippen LogP) is 1.22. The van der Waals surface area contributed by atoms with E-state index in [2.05, 4.69) is 5.32 Å². The van der Waals surface area contributed by atoms with E-state index in [4.69, 9.17) is 5.11 Å². The molecule has 1 rings (SSSR count). The van der Waals surface area contributed by atoms with Crippen LogP contribution >= 0.6 is 0 Å². The van der Waals surface area contributed by atoms with Gasteiger partial charge >= 0.3 is 0 Å². The number of nitrogens with one attached hydrogen (secondary N) is 1. The van der Waals surface area contributed by atoms with E-state index in [1.54, 1.807) is 0 Å². The van der Waals surface area contributed by atoms with Gasteiger partial charge in [-0.05, 0) is 31.9 Å². The van der Waals surface area contributed by atoms with Crippen molar-refractivity contribution in [3.63, 3.8) is 0 Å². The summed E-state index contributed by atoms with van der Waals surface area (Å²) >= 11 is 0. The molecule has 1 heterocycles. The molecule has 2 N–H and O–H groups in total. The Morgan fingerprint density at radius 2 is 2.25 bits per heavy atom. The van der Waals surface area contributed by atoms with Gasteiger partial charge in [-0.15, -0.1) is 0 Å². The molecule has 16 heavy (non-hydrogen) atoms. The van der Waals surface area contributed by atoms with Crippen LogP contribution in [0.2, 0.25) is 0 Å². The predicted molar refractivity (Wildman–Crippen MR) is 63.4 cm³/mol. The molecule has 4 nitrogen and oxygen atoms in total. The standard InChI is InChI=1S/C12H20N2O2/c1-4-10(7-8-15)13-12(16)11-6-5-9(2)14(11)3/h5-6,10,15H,4,7-8H2,1-3H3,(H,13,16). The smallest absolute Gasteiger partial charge is 0.268 e. The molecule has 0 aliphatic rings. The lowest BCUT2D eigenvalue weighted by Gasteiger charge is -2.16. The molecule has 1 aromatic heterocycles. The Hall–Kier alpha value is -1.29. The summed E-state index contributed by atoms with van der Waals surface area (Å²) in [6, 6.07) is 3.78. The highest BCUT2D eigenvalue weighted by Gasteiger charge is 2.14. The molecule has 1 amide bonds. The number of aliphatic hydroxyl groups is 1. The van der Waals surface area contributed by atoms with Crippen LogP contribution in [0.4, 0.5) is 0 Å². The van der Waals surface area contributed by atoms with E-state index >= 15 is 0 Å². The molecule has 4 heteroatoms. The summed E-state index contributed by atoms with van der Waals surface area (Å²) in [6.07, 6.45) is 1.43. The van der Waals surface area contributed by atoms with Crippen molar-refractivity contribution in [3.05, 3.63) is 23.5 Å². The van der Waals surface area contributed by atoms with Crippen LogP contribution in [-0.2, 0) is 7.05 Å². The first-order valence-electron chi connectivity index (χ1n) is 5.64. The third kappa shape index (κ3) is 2.85. The molecule has 0 aliphatic heterocycles. The first-order valence-corrected chi connectivity index (χ1v) is 5.64. The average Bonchev–Trinajstić information content (AvgIpc) is 2.59. The van der Waals surface area contributed by atoms with Crippen molar-refractivity contribution in [1.82, 2.24) is 9.88 Å². The second-order valence-electron chi connectivity index (χ2n) is 4.01. The molecule has 0 fully saturated rings. The van der Waals surface area contributed by atoms with E-state index in [0.717, 1.165) is 12.1 Å². The van der Waals surface area contributed by atoms with E-state index in [1.165, 1.54) is 0 Å². The Balaban J connectivity index is 2.68. The maximum Gasteiger partial charge on any atom is 0.268 e. The highest BCUT2D eigenvalue weighted by atomic mass is 16.3. The van der Waals surface area contributed by atoms with Crippen LogP contribution < -0.4 is 5.32 Å². The molecular weight excluding hydrogens is 204 g/mol. The molecule has 1 aromatic rings. The number of aromatic nitrogens is 1. The fourth-order valence-electron chi connectivity index (χ4n) is 1.63. The van der Waals surface area contributed by atoms with Crippen molar-refractivity contribution in [2.75, 3.05) is 6.61 Å². The van der Waals surface area contributed by atoms with Crippen LogP contribution in [0, 0.1) is 6.92 Å². The molecule has 0 saturated heterocycles. The lowest BCUT2D eigenvalue weighted by molar-refractivity contribution is 0.0920. The number of rotatable bonds is 5. The topological polar surface area (TPSA) is 54.3 Å². The van der Waals surface area contributed by atoms with Crippen molar-refractivity contribution in [2.45, 2.75) is 32.7 Å². The Morgan fingerprint density at radius 3 is 2.69 bits per heavy atom. The third-order valence-electron chi connectivity index (χ3n) is 2.91. The number of nitrogens with zero attached hydrogens (tertiary/aromatic N) is 1. The zero-order valence-corrected chi connectivity index (χ0v) is 10.2. The van der Waals surface area contributed by atoms with Gasteiger partial charge in [-0.1, -0.05) is 6.92 Å². The van der Waals surface area contributed by atoms with Crippen molar-refractivity contribution in [3.8, 4) is 0 Å². The Kier molecular flexibility index (Phi) is 4.55. The van der Waals surface area contributed by atoms with Gasteiger partial charge < -0.3 is 15.0 Å². The lowest BCUT2D eigenvalue weighted by atomic mass is 10.1. The van der Waals surface area contributed by atoms with E-state index in [-0.39, 0.29) is 18.6 Å². The summed E-state index contributed by atoms with van der Waals surface area (Å²) in [5.74, 6) is -0.0732. The van der Waals surface area contributed by atoms with Gasteiger partial charge in [0.2, 0.25) is 0 Å². The normalized spacial score (nSPS) is 12.5. The second kappa shape index (κ2) is 5.70. The Bertz CT molecular complexity index is 358. The number of aryl methyl sites for hydroxylation is 1. The Morgan fingerprint density at radius 1 is 1.56 bits per heavy atom. The molecule has 1 unspecified atom stereocenters. The van der Waals surface area contributed by atoms with Crippen LogP contribution in [0.5, 0.6) is 0 Å². The molecule has 90 valence electrons. The van der Waals surface area contributed by atoms with Crippen LogP contribution in [0.1, 0.15) is 35.9 Å². The summed E-state index contributed by atoms with van der Waals surface area (Å²) in [5, 5.41) is 11.8. The van der Waals surface area contributed by atoms with E-state index in [9.17, 15) is 4.79 Å². The number of carbonyl (C=O) groups is 1. The van der Waals surface area contributed by atoms with E-state index in [0.29, 0.717) is 12.1 Å². The summed E-state index contributed by atoms with van der Waals surface area (Å²) in [6.45, 7) is 4.06. The van der Waals surface area contributed by atoms with E-state index in [1.807, 2.05) is 37.6 Å². The minimum Gasteiger partial charge on any atom is -0.396 e. The number of amides is 1. The van der Waals surface area contributed by atoms with Gasteiger partial charge in [0.05, 0.1) is 0 Å². The van der Waals surface area contributed by atoms with Crippen LogP contribution in [0.15, 0.2) is 12.1 Å². The van der Waals surface area contributed by atoms with Crippen molar-refractivity contribution in [2.24, 2.45) is 7.05 Å². The van der Waals surface area contributed by atoms with Gasteiger partial charge in [-0.3, -0.25) is 4.79 Å². The minimum absolute atomic E-state index is 0.0488. The number of hydrogen-bond acceptors (Lipinski definition) is 2. The largest absolute Gasteiger partial charge is 0.396 e. The zero-order chi connectivity index (χ0) is 12.1. The van der Waals surface area contributed by atoms with Gasteiger partial charge in [0.1, 0.15) is 5.69 Å². The summed E-state index contributed by atoms with van der Waals surface area (Å²) in [5.41, 5.74) is 1.72. The SMILES string of the molecule is CCC(CCO)NC(=O)c1ccc(C)n1C. The fraction of sp³-hybridized carbons (Fsp3) is 0.583. The van der Waals surface area contributed by atoms with Gasteiger partial charge in [0.25, 0.3) is 5.91 Å². The lowest BCUT2D eigenvalue weighted by Crippen LogP contribution is -2.36. The zero-order valence-electron chi connectivity index (χ0n) is 10.2. The summed E-state index contributed by atoms with van der Waals surface area (Å²) in [4.78, 5) is 11.9. The van der Waals surface area contributed by atoms with Crippen LogP contribution in [-0.4, -0.2) is 28.2 Å². The van der Waals surface area contributed by atoms with Crippen LogP contribution in [0.25, 0.3) is 0 Å². The second-order valence-corrected chi connectivity index (χ2v) is 4.01. The van der Waals surface area contributed by atoms with Crippen LogP contribution in [0.3, 0.4) is 0 Å². The third-order valence-corrected chi connectivity index (χ3v) is 2.91. The number of aliphatic hydroxyl groups excluding tert-OH is 1. The first-order chi connectivity index (χ1) is 7.60. The van der Waals surface area contributed by atoms with Crippen molar-refractivity contribution < 1.29 is 9.90 Å². The molecule has 0 bridgehead atoms. The highest BCUT2D eigenvalue weighted by molar-refractivity contribution is 5.93.